The summed E-state index contributed by atoms with van der Waals surface area (Å²) in [5.74, 6) is 3.69. The highest BCUT2D eigenvalue weighted by Gasteiger charge is 2.28. The molecule has 1 aliphatic rings. The van der Waals surface area contributed by atoms with Crippen molar-refractivity contribution in [2.75, 3.05) is 6.61 Å². The first-order valence-corrected chi connectivity index (χ1v) is 9.13. The zero-order valence-corrected chi connectivity index (χ0v) is 16.2. The molecule has 2 aromatic rings. The van der Waals surface area contributed by atoms with E-state index in [1.165, 1.54) is 0 Å². The number of aliphatic hydroxyl groups excluding tert-OH is 1. The van der Waals surface area contributed by atoms with Gasteiger partial charge in [-0.1, -0.05) is 5.92 Å². The SMILES string of the molecule is C#CCOc1c(Br)cc2[nH]cc(OC3CC(O)CC(C)O3)c2c1Br. The van der Waals surface area contributed by atoms with E-state index in [1.807, 2.05) is 13.0 Å². The molecule has 2 N–H and O–H groups in total. The van der Waals surface area contributed by atoms with E-state index in [0.717, 1.165) is 19.8 Å². The Bertz CT molecular complexity index is 773. The van der Waals surface area contributed by atoms with E-state index in [0.29, 0.717) is 24.3 Å². The van der Waals surface area contributed by atoms with Gasteiger partial charge in [0, 0.05) is 12.6 Å². The number of benzene rings is 1. The molecule has 1 aromatic carbocycles. The highest BCUT2D eigenvalue weighted by molar-refractivity contribution is 9.11. The molecule has 0 aliphatic carbocycles. The van der Waals surface area contributed by atoms with Crippen LogP contribution in [-0.4, -0.2) is 35.2 Å². The van der Waals surface area contributed by atoms with Gasteiger partial charge in [0.2, 0.25) is 6.29 Å². The van der Waals surface area contributed by atoms with Crippen LogP contribution in [0.4, 0.5) is 0 Å². The zero-order valence-electron chi connectivity index (χ0n) is 13.0. The number of H-pyrrole nitrogens is 1. The fourth-order valence-electron chi connectivity index (χ4n) is 2.80. The van der Waals surface area contributed by atoms with Gasteiger partial charge >= 0.3 is 0 Å². The molecule has 0 bridgehead atoms. The average Bonchev–Trinajstić information content (AvgIpc) is 2.88. The van der Waals surface area contributed by atoms with Gasteiger partial charge in [0.25, 0.3) is 0 Å². The van der Waals surface area contributed by atoms with Crippen LogP contribution in [-0.2, 0) is 4.74 Å². The Hall–Kier alpha value is -1.20. The molecule has 24 heavy (non-hydrogen) atoms. The highest BCUT2D eigenvalue weighted by Crippen LogP contribution is 2.43. The van der Waals surface area contributed by atoms with E-state index < -0.39 is 12.4 Å². The summed E-state index contributed by atoms with van der Waals surface area (Å²) in [6.45, 7) is 2.09. The Morgan fingerprint density at radius 3 is 2.96 bits per heavy atom. The predicted octanol–water partition coefficient (Wildman–Crippen LogP) is 3.97. The number of aromatic amines is 1. The molecule has 1 aromatic heterocycles. The molecular weight excluding hydrogens is 442 g/mol. The summed E-state index contributed by atoms with van der Waals surface area (Å²) in [6.07, 6.45) is 7.14. The second-order valence-electron chi connectivity index (χ2n) is 5.69. The third-order valence-electron chi connectivity index (χ3n) is 3.79. The van der Waals surface area contributed by atoms with Gasteiger partial charge < -0.3 is 24.3 Å². The molecular formula is C17H17Br2NO4. The van der Waals surface area contributed by atoms with Crippen molar-refractivity contribution >= 4 is 42.8 Å². The molecule has 0 saturated carbocycles. The maximum Gasteiger partial charge on any atom is 0.202 e. The molecule has 1 saturated heterocycles. The Morgan fingerprint density at radius 1 is 1.46 bits per heavy atom. The number of hydrogen-bond acceptors (Lipinski definition) is 4. The summed E-state index contributed by atoms with van der Waals surface area (Å²) in [5, 5.41) is 10.7. The normalized spacial score (nSPS) is 23.9. The van der Waals surface area contributed by atoms with E-state index >= 15 is 0 Å². The molecule has 5 nitrogen and oxygen atoms in total. The van der Waals surface area contributed by atoms with Crippen LogP contribution in [0.5, 0.6) is 11.5 Å². The largest absolute Gasteiger partial charge is 0.479 e. The number of aromatic nitrogens is 1. The van der Waals surface area contributed by atoms with E-state index in [4.69, 9.17) is 20.6 Å². The van der Waals surface area contributed by atoms with E-state index in [9.17, 15) is 5.11 Å². The first-order chi connectivity index (χ1) is 11.5. The monoisotopic (exact) mass is 457 g/mol. The van der Waals surface area contributed by atoms with Crippen LogP contribution in [0, 0.1) is 12.3 Å². The number of ether oxygens (including phenoxy) is 3. The van der Waals surface area contributed by atoms with Crippen molar-refractivity contribution in [1.82, 2.24) is 4.98 Å². The van der Waals surface area contributed by atoms with Crippen LogP contribution in [0.3, 0.4) is 0 Å². The zero-order chi connectivity index (χ0) is 17.3. The molecule has 3 atom stereocenters. The minimum atomic E-state index is -0.492. The van der Waals surface area contributed by atoms with Crippen LogP contribution < -0.4 is 9.47 Å². The van der Waals surface area contributed by atoms with E-state index in [-0.39, 0.29) is 12.7 Å². The lowest BCUT2D eigenvalue weighted by molar-refractivity contribution is -0.169. The van der Waals surface area contributed by atoms with Crippen molar-refractivity contribution < 1.29 is 19.3 Å². The molecule has 0 spiro atoms. The Labute approximate surface area is 156 Å². The number of rotatable bonds is 4. The maximum absolute atomic E-state index is 9.90. The Morgan fingerprint density at radius 2 is 2.25 bits per heavy atom. The van der Waals surface area contributed by atoms with Crippen LogP contribution in [0.25, 0.3) is 10.9 Å². The quantitative estimate of drug-likeness (QED) is 0.680. The van der Waals surface area contributed by atoms with Gasteiger partial charge in [0.1, 0.15) is 18.1 Å². The molecule has 0 amide bonds. The molecule has 3 unspecified atom stereocenters. The summed E-state index contributed by atoms with van der Waals surface area (Å²) < 4.78 is 18.9. The second-order valence-corrected chi connectivity index (χ2v) is 7.34. The third kappa shape index (κ3) is 3.57. The molecule has 7 heteroatoms. The fourth-order valence-corrected chi connectivity index (χ4v) is 4.34. The summed E-state index contributed by atoms with van der Waals surface area (Å²) in [7, 11) is 0. The van der Waals surface area contributed by atoms with Gasteiger partial charge in [-0.15, -0.1) is 6.42 Å². The molecule has 2 heterocycles. The van der Waals surface area contributed by atoms with Crippen molar-refractivity contribution in [2.24, 2.45) is 0 Å². The van der Waals surface area contributed by atoms with Crippen molar-refractivity contribution in [1.29, 1.82) is 0 Å². The summed E-state index contributed by atoms with van der Waals surface area (Å²) >= 11 is 7.05. The average molecular weight is 459 g/mol. The summed E-state index contributed by atoms with van der Waals surface area (Å²) in [6, 6.07) is 1.90. The summed E-state index contributed by atoms with van der Waals surface area (Å²) in [4.78, 5) is 3.17. The lowest BCUT2D eigenvalue weighted by Crippen LogP contribution is -2.37. The van der Waals surface area contributed by atoms with Gasteiger partial charge in [-0.05, 0) is 51.3 Å². The maximum atomic E-state index is 9.90. The van der Waals surface area contributed by atoms with Crippen molar-refractivity contribution in [2.45, 2.75) is 38.3 Å². The molecule has 0 radical (unpaired) electrons. The number of hydrogen-bond donors (Lipinski definition) is 2. The fraction of sp³-hybridized carbons (Fsp3) is 0.412. The number of terminal acetylenes is 1. The molecule has 1 fully saturated rings. The first kappa shape index (κ1) is 17.6. The smallest absolute Gasteiger partial charge is 0.202 e. The van der Waals surface area contributed by atoms with Gasteiger partial charge in [-0.2, -0.15) is 0 Å². The van der Waals surface area contributed by atoms with Crippen LogP contribution >= 0.6 is 31.9 Å². The topological polar surface area (TPSA) is 63.7 Å². The van der Waals surface area contributed by atoms with Crippen molar-refractivity contribution in [3.05, 3.63) is 21.2 Å². The number of nitrogens with one attached hydrogen (secondary N) is 1. The number of halogens is 2. The minimum Gasteiger partial charge on any atom is -0.479 e. The van der Waals surface area contributed by atoms with Gasteiger partial charge in [0.15, 0.2) is 0 Å². The molecule has 3 rings (SSSR count). The summed E-state index contributed by atoms with van der Waals surface area (Å²) in [5.41, 5.74) is 0.876. The first-order valence-electron chi connectivity index (χ1n) is 7.55. The van der Waals surface area contributed by atoms with Gasteiger partial charge in [-0.3, -0.25) is 0 Å². The highest BCUT2D eigenvalue weighted by atomic mass is 79.9. The Kier molecular flexibility index (Phi) is 5.40. The lowest BCUT2D eigenvalue weighted by atomic mass is 10.1. The van der Waals surface area contributed by atoms with Gasteiger partial charge in [-0.25, -0.2) is 0 Å². The number of aliphatic hydroxyl groups is 1. The van der Waals surface area contributed by atoms with Crippen LogP contribution in [0.15, 0.2) is 21.2 Å². The molecule has 128 valence electrons. The van der Waals surface area contributed by atoms with Gasteiger partial charge in [0.05, 0.1) is 32.1 Å². The Balaban J connectivity index is 1.93. The van der Waals surface area contributed by atoms with E-state index in [1.54, 1.807) is 6.20 Å². The molecule has 1 aliphatic heterocycles. The van der Waals surface area contributed by atoms with Crippen molar-refractivity contribution in [3.8, 4) is 23.8 Å². The van der Waals surface area contributed by atoms with Crippen LogP contribution in [0.2, 0.25) is 0 Å². The van der Waals surface area contributed by atoms with Crippen LogP contribution in [0.1, 0.15) is 19.8 Å². The lowest BCUT2D eigenvalue weighted by Gasteiger charge is -2.31. The standard InChI is InChI=1S/C17H17Br2NO4/c1-3-4-22-17-11(18)7-12-15(16(17)19)13(8-20-12)24-14-6-10(21)5-9(2)23-14/h1,7-10,14,20-21H,4-6H2,2H3. The predicted molar refractivity (Wildman–Crippen MR) is 98.2 cm³/mol. The second kappa shape index (κ2) is 7.36. The van der Waals surface area contributed by atoms with E-state index in [2.05, 4.69) is 42.8 Å². The number of fused-ring (bicyclic) bond motifs is 1. The van der Waals surface area contributed by atoms with Crippen molar-refractivity contribution in [3.63, 3.8) is 0 Å². The third-order valence-corrected chi connectivity index (χ3v) is 5.14. The minimum absolute atomic E-state index is 0.0453.